The summed E-state index contributed by atoms with van der Waals surface area (Å²) >= 11 is 1.36. The lowest BCUT2D eigenvalue weighted by atomic mass is 10.1. The second-order valence-electron chi connectivity index (χ2n) is 7.04. The quantitative estimate of drug-likeness (QED) is 0.456. The van der Waals surface area contributed by atoms with Gasteiger partial charge in [-0.2, -0.15) is 5.10 Å². The average molecular weight is 434 g/mol. The van der Waals surface area contributed by atoms with Gasteiger partial charge in [0.2, 0.25) is 0 Å². The first-order chi connectivity index (χ1) is 15.1. The maximum absolute atomic E-state index is 12.6. The highest BCUT2D eigenvalue weighted by Crippen LogP contribution is 2.26. The largest absolute Gasteiger partial charge is 0.497 e. The Bertz CT molecular complexity index is 1150. The number of carbonyl (C=O) groups excluding carboxylic acids is 1. The minimum Gasteiger partial charge on any atom is -0.497 e. The van der Waals surface area contributed by atoms with Gasteiger partial charge in [0.15, 0.2) is 0 Å². The van der Waals surface area contributed by atoms with Gasteiger partial charge >= 0.3 is 0 Å². The Kier molecular flexibility index (Phi) is 6.37. The molecule has 0 radical (unpaired) electrons. The molecule has 0 unspecified atom stereocenters. The highest BCUT2D eigenvalue weighted by Gasteiger charge is 2.17. The van der Waals surface area contributed by atoms with Gasteiger partial charge in [-0.25, -0.2) is 4.98 Å². The molecule has 0 aliphatic heterocycles. The first kappa shape index (κ1) is 20.7. The molecule has 4 rings (SSSR count). The lowest BCUT2D eigenvalue weighted by Crippen LogP contribution is -2.22. The van der Waals surface area contributed by atoms with Crippen molar-refractivity contribution in [2.45, 2.75) is 26.4 Å². The van der Waals surface area contributed by atoms with E-state index in [-0.39, 0.29) is 5.91 Å². The maximum Gasteiger partial charge on any atom is 0.263 e. The van der Waals surface area contributed by atoms with E-state index in [1.807, 2.05) is 48.1 Å². The van der Waals surface area contributed by atoms with Gasteiger partial charge in [0.05, 0.1) is 12.8 Å². The molecular weight excluding hydrogens is 410 g/mol. The van der Waals surface area contributed by atoms with Crippen molar-refractivity contribution in [1.29, 1.82) is 0 Å². The third kappa shape index (κ3) is 5.16. The Hall–Kier alpha value is -3.52. The molecule has 1 N–H and O–H groups in total. The minimum absolute atomic E-state index is 0.135. The third-order valence-corrected chi connectivity index (χ3v) is 6.01. The minimum atomic E-state index is -0.135. The smallest absolute Gasteiger partial charge is 0.263 e. The molecule has 3 aromatic heterocycles. The Morgan fingerprint density at radius 3 is 2.74 bits per heavy atom. The molecule has 0 aliphatic carbocycles. The molecule has 4 aromatic rings. The Labute approximate surface area is 184 Å². The van der Waals surface area contributed by atoms with E-state index in [9.17, 15) is 4.79 Å². The van der Waals surface area contributed by atoms with E-state index >= 15 is 0 Å². The van der Waals surface area contributed by atoms with E-state index in [2.05, 4.69) is 32.5 Å². The highest BCUT2D eigenvalue weighted by atomic mass is 32.1. The third-order valence-electron chi connectivity index (χ3n) is 4.83. The highest BCUT2D eigenvalue weighted by molar-refractivity contribution is 7.17. The van der Waals surface area contributed by atoms with Gasteiger partial charge < -0.3 is 10.1 Å². The zero-order valence-corrected chi connectivity index (χ0v) is 18.2. The van der Waals surface area contributed by atoms with Crippen LogP contribution < -0.4 is 10.1 Å². The molecule has 0 saturated heterocycles. The number of thiazole rings is 1. The number of pyridine rings is 1. The van der Waals surface area contributed by atoms with Gasteiger partial charge in [-0.3, -0.25) is 14.5 Å². The summed E-state index contributed by atoms with van der Waals surface area (Å²) in [6, 6.07) is 13.8. The number of aryl methyl sites for hydroxylation is 3. The lowest BCUT2D eigenvalue weighted by Gasteiger charge is -2.04. The monoisotopic (exact) mass is 433 g/mol. The van der Waals surface area contributed by atoms with Crippen LogP contribution in [0, 0.1) is 6.92 Å². The van der Waals surface area contributed by atoms with E-state index in [1.165, 1.54) is 16.9 Å². The molecule has 0 aliphatic rings. The molecule has 0 saturated carbocycles. The van der Waals surface area contributed by atoms with Crippen molar-refractivity contribution >= 4 is 17.2 Å². The van der Waals surface area contributed by atoms with Gasteiger partial charge in [-0.05, 0) is 48.7 Å². The van der Waals surface area contributed by atoms with Crippen molar-refractivity contribution in [3.63, 3.8) is 0 Å². The van der Waals surface area contributed by atoms with Crippen molar-refractivity contribution in [1.82, 2.24) is 25.1 Å². The number of hydrogen-bond donors (Lipinski definition) is 1. The Morgan fingerprint density at radius 2 is 2.00 bits per heavy atom. The fraction of sp³-hybridized carbons (Fsp3) is 0.217. The fourth-order valence-electron chi connectivity index (χ4n) is 3.12. The molecule has 0 fully saturated rings. The topological polar surface area (TPSA) is 81.9 Å². The Morgan fingerprint density at radius 1 is 1.16 bits per heavy atom. The predicted molar refractivity (Wildman–Crippen MR) is 120 cm³/mol. The zero-order valence-electron chi connectivity index (χ0n) is 17.4. The molecule has 0 bridgehead atoms. The van der Waals surface area contributed by atoms with E-state index < -0.39 is 0 Å². The average Bonchev–Trinajstić information content (AvgIpc) is 3.44. The van der Waals surface area contributed by atoms with E-state index in [0.717, 1.165) is 35.0 Å². The van der Waals surface area contributed by atoms with E-state index in [1.54, 1.807) is 19.5 Å². The standard InChI is InChI=1S/C23H23N5O2S/c1-16-21(22(29)25-15-18-4-3-11-24-14-18)31-23(26-16)20-10-13-28(27-20)12-9-17-5-7-19(30-2)8-6-17/h3-8,10-11,13-14H,9,12,15H2,1-2H3,(H,25,29). The second-order valence-corrected chi connectivity index (χ2v) is 8.04. The fourth-order valence-corrected chi connectivity index (χ4v) is 4.07. The van der Waals surface area contributed by atoms with E-state index in [0.29, 0.717) is 17.1 Å². The van der Waals surface area contributed by atoms with Crippen LogP contribution in [0.2, 0.25) is 0 Å². The number of hydrogen-bond acceptors (Lipinski definition) is 6. The van der Waals surface area contributed by atoms with Gasteiger partial charge in [-0.1, -0.05) is 18.2 Å². The number of nitrogens with zero attached hydrogens (tertiary/aromatic N) is 4. The summed E-state index contributed by atoms with van der Waals surface area (Å²) in [6.45, 7) is 3.04. The molecule has 0 atom stereocenters. The zero-order chi connectivity index (χ0) is 21.6. The van der Waals surface area contributed by atoms with E-state index in [4.69, 9.17) is 4.74 Å². The Balaban J connectivity index is 1.38. The van der Waals surface area contributed by atoms with Crippen LogP contribution in [0.5, 0.6) is 5.75 Å². The number of aromatic nitrogens is 4. The second kappa shape index (κ2) is 9.53. The van der Waals surface area contributed by atoms with Crippen LogP contribution in [0.3, 0.4) is 0 Å². The summed E-state index contributed by atoms with van der Waals surface area (Å²) in [7, 11) is 1.66. The van der Waals surface area contributed by atoms with Crippen LogP contribution in [0.15, 0.2) is 61.1 Å². The summed E-state index contributed by atoms with van der Waals surface area (Å²) in [5.74, 6) is 0.716. The maximum atomic E-state index is 12.6. The van der Waals surface area contributed by atoms with Gasteiger partial charge in [0.25, 0.3) is 5.91 Å². The number of rotatable bonds is 8. The SMILES string of the molecule is COc1ccc(CCn2ccc(-c3nc(C)c(C(=O)NCc4cccnc4)s3)n2)cc1. The van der Waals surface area contributed by atoms with Crippen molar-refractivity contribution in [3.05, 3.63) is 82.8 Å². The molecule has 3 heterocycles. The normalized spacial score (nSPS) is 10.8. The van der Waals surface area contributed by atoms with Crippen LogP contribution in [-0.4, -0.2) is 32.8 Å². The number of amides is 1. The van der Waals surface area contributed by atoms with Crippen molar-refractivity contribution < 1.29 is 9.53 Å². The molecule has 1 amide bonds. The van der Waals surface area contributed by atoms with Crippen molar-refractivity contribution in [2.24, 2.45) is 0 Å². The summed E-state index contributed by atoms with van der Waals surface area (Å²) in [4.78, 5) is 21.8. The number of carbonyl (C=O) groups is 1. The number of nitrogens with one attached hydrogen (secondary N) is 1. The van der Waals surface area contributed by atoms with Gasteiger partial charge in [0.1, 0.15) is 21.3 Å². The van der Waals surface area contributed by atoms with Crippen LogP contribution in [-0.2, 0) is 19.5 Å². The summed E-state index contributed by atoms with van der Waals surface area (Å²) in [5.41, 5.74) is 3.65. The van der Waals surface area contributed by atoms with Crippen molar-refractivity contribution in [2.75, 3.05) is 7.11 Å². The van der Waals surface area contributed by atoms with Crippen LogP contribution >= 0.6 is 11.3 Å². The number of ether oxygens (including phenoxy) is 1. The summed E-state index contributed by atoms with van der Waals surface area (Å²) < 4.78 is 7.10. The number of benzene rings is 1. The van der Waals surface area contributed by atoms with Crippen LogP contribution in [0.1, 0.15) is 26.5 Å². The molecule has 1 aromatic carbocycles. The first-order valence-corrected chi connectivity index (χ1v) is 10.8. The van der Waals surface area contributed by atoms with Crippen molar-refractivity contribution in [3.8, 4) is 16.5 Å². The molecular formula is C23H23N5O2S. The molecule has 7 nitrogen and oxygen atoms in total. The summed E-state index contributed by atoms with van der Waals surface area (Å²) in [6.07, 6.45) is 6.26. The molecule has 31 heavy (non-hydrogen) atoms. The molecule has 158 valence electrons. The van der Waals surface area contributed by atoms with Gasteiger partial charge in [-0.15, -0.1) is 11.3 Å². The lowest BCUT2D eigenvalue weighted by molar-refractivity contribution is 0.0954. The predicted octanol–water partition coefficient (Wildman–Crippen LogP) is 3.89. The molecule has 8 heteroatoms. The van der Waals surface area contributed by atoms with Gasteiger partial charge in [0, 0.05) is 31.7 Å². The summed E-state index contributed by atoms with van der Waals surface area (Å²) in [5, 5.41) is 8.31. The molecule has 0 spiro atoms. The van der Waals surface area contributed by atoms with Crippen LogP contribution in [0.25, 0.3) is 10.7 Å². The van der Waals surface area contributed by atoms with Crippen LogP contribution in [0.4, 0.5) is 0 Å². The first-order valence-electron chi connectivity index (χ1n) is 9.93. The number of methoxy groups -OCH3 is 1.